The molecule has 1 amide bonds. The number of aryl methyl sites for hydroxylation is 2. The van der Waals surface area contributed by atoms with Gasteiger partial charge in [-0.1, -0.05) is 6.07 Å². The Hall–Kier alpha value is -1.77. The van der Waals surface area contributed by atoms with Crippen molar-refractivity contribution in [2.75, 3.05) is 14.1 Å². The summed E-state index contributed by atoms with van der Waals surface area (Å²) in [6, 6.07) is 5.81. The van der Waals surface area contributed by atoms with E-state index in [0.717, 1.165) is 34.8 Å². The highest BCUT2D eigenvalue weighted by Crippen LogP contribution is 2.34. The van der Waals surface area contributed by atoms with Crippen LogP contribution in [0.25, 0.3) is 0 Å². The zero-order valence-corrected chi connectivity index (χ0v) is 16.1. The minimum absolute atomic E-state index is 0.0966. The van der Waals surface area contributed by atoms with Gasteiger partial charge in [0.2, 0.25) is 10.0 Å². The van der Waals surface area contributed by atoms with Crippen LogP contribution in [0, 0.1) is 6.92 Å². The fourth-order valence-corrected chi connectivity index (χ4v) is 5.28. The van der Waals surface area contributed by atoms with E-state index in [0.29, 0.717) is 5.56 Å². The molecule has 0 fully saturated rings. The summed E-state index contributed by atoms with van der Waals surface area (Å²) in [7, 11) is -0.462. The first-order valence-electron chi connectivity index (χ1n) is 8.08. The number of hydrogen-bond donors (Lipinski definition) is 1. The lowest BCUT2D eigenvalue weighted by atomic mass is 9.99. The van der Waals surface area contributed by atoms with Crippen LogP contribution in [0.1, 0.15) is 44.8 Å². The Morgan fingerprint density at radius 3 is 2.84 bits per heavy atom. The number of nitrogens with one attached hydrogen (secondary N) is 1. The van der Waals surface area contributed by atoms with Gasteiger partial charge in [-0.2, -0.15) is 0 Å². The van der Waals surface area contributed by atoms with E-state index in [1.54, 1.807) is 37.6 Å². The quantitative estimate of drug-likeness (QED) is 0.885. The fourth-order valence-electron chi connectivity index (χ4n) is 2.96. The number of fused-ring (bicyclic) bond motifs is 1. The lowest BCUT2D eigenvalue weighted by molar-refractivity contribution is 0.0827. The molecule has 1 aromatic heterocycles. The van der Waals surface area contributed by atoms with Crippen LogP contribution in [-0.4, -0.2) is 38.3 Å². The molecule has 0 bridgehead atoms. The van der Waals surface area contributed by atoms with Gasteiger partial charge in [0.1, 0.15) is 0 Å². The number of rotatable bonds is 4. The second-order valence-corrected chi connectivity index (χ2v) is 9.34. The molecule has 0 saturated carbocycles. The van der Waals surface area contributed by atoms with Crippen LogP contribution in [-0.2, 0) is 16.4 Å². The van der Waals surface area contributed by atoms with Gasteiger partial charge in [-0.05, 0) is 44.4 Å². The number of sulfonamides is 1. The van der Waals surface area contributed by atoms with E-state index >= 15 is 0 Å². The Morgan fingerprint density at radius 2 is 2.12 bits per heavy atom. The number of carbonyl (C=O) groups is 1. The monoisotopic (exact) mass is 379 g/mol. The third kappa shape index (κ3) is 3.75. The molecule has 1 atom stereocenters. The number of carbonyl (C=O) groups excluding carboxylic acids is 1. The van der Waals surface area contributed by atoms with E-state index < -0.39 is 10.0 Å². The summed E-state index contributed by atoms with van der Waals surface area (Å²) in [4.78, 5) is 19.3. The second kappa shape index (κ2) is 6.86. The van der Waals surface area contributed by atoms with Gasteiger partial charge in [0.15, 0.2) is 0 Å². The van der Waals surface area contributed by atoms with Crippen LogP contribution in [0.3, 0.4) is 0 Å². The largest absolute Gasteiger partial charge is 0.345 e. The van der Waals surface area contributed by atoms with Crippen molar-refractivity contribution >= 4 is 27.3 Å². The van der Waals surface area contributed by atoms with Crippen LogP contribution in [0.5, 0.6) is 0 Å². The predicted molar refractivity (Wildman–Crippen MR) is 97.3 cm³/mol. The summed E-state index contributed by atoms with van der Waals surface area (Å²) in [5.41, 5.74) is 1.19. The fraction of sp³-hybridized carbons (Fsp3) is 0.412. The Bertz CT molecular complexity index is 904. The Morgan fingerprint density at radius 1 is 1.36 bits per heavy atom. The molecular weight excluding hydrogens is 358 g/mol. The lowest BCUT2D eigenvalue weighted by Crippen LogP contribution is -2.31. The van der Waals surface area contributed by atoms with Crippen molar-refractivity contribution in [3.8, 4) is 0 Å². The maximum atomic E-state index is 12.8. The average Bonchev–Trinajstić information content (AvgIpc) is 2.95. The number of aromatic nitrogens is 1. The Kier molecular flexibility index (Phi) is 4.95. The van der Waals surface area contributed by atoms with Crippen molar-refractivity contribution in [2.45, 2.75) is 37.1 Å². The summed E-state index contributed by atoms with van der Waals surface area (Å²) < 4.78 is 28.4. The normalized spacial score (nSPS) is 17.2. The van der Waals surface area contributed by atoms with Crippen LogP contribution in [0.15, 0.2) is 29.2 Å². The number of nitrogens with zero attached hydrogens (tertiary/aromatic N) is 2. The summed E-state index contributed by atoms with van der Waals surface area (Å²) in [5.74, 6) is -0.230. The molecular formula is C17H21N3O3S2. The molecule has 0 saturated heterocycles. The van der Waals surface area contributed by atoms with Gasteiger partial charge >= 0.3 is 0 Å². The van der Waals surface area contributed by atoms with E-state index in [-0.39, 0.29) is 16.8 Å². The highest BCUT2D eigenvalue weighted by molar-refractivity contribution is 7.89. The van der Waals surface area contributed by atoms with Crippen molar-refractivity contribution < 1.29 is 13.2 Å². The van der Waals surface area contributed by atoms with E-state index in [9.17, 15) is 13.2 Å². The Labute approximate surface area is 151 Å². The number of thiazole rings is 1. The topological polar surface area (TPSA) is 79.4 Å². The first kappa shape index (κ1) is 18.0. The standard InChI is InChI=1S/C17H21N3O3S2/c1-11-18-16-14(8-5-9-15(16)24-11)19-25(22,23)13-7-4-6-12(10-13)17(21)20(2)3/h4,6-7,10,14,19H,5,8-9H2,1-3H3/t14-/m0/s1. The predicted octanol–water partition coefficient (Wildman–Crippen LogP) is 2.51. The van der Waals surface area contributed by atoms with Crippen LogP contribution >= 0.6 is 11.3 Å². The van der Waals surface area contributed by atoms with Crippen molar-refractivity contribution in [3.05, 3.63) is 45.4 Å². The third-order valence-corrected chi connectivity index (χ3v) is 6.67. The summed E-state index contributed by atoms with van der Waals surface area (Å²) in [6.07, 6.45) is 2.61. The van der Waals surface area contributed by atoms with Gasteiger partial charge in [0, 0.05) is 24.5 Å². The van der Waals surface area contributed by atoms with Crippen molar-refractivity contribution in [3.63, 3.8) is 0 Å². The van der Waals surface area contributed by atoms with Crippen molar-refractivity contribution in [1.29, 1.82) is 0 Å². The number of amides is 1. The molecule has 3 rings (SSSR count). The van der Waals surface area contributed by atoms with Gasteiger partial charge in [-0.3, -0.25) is 4.79 Å². The van der Waals surface area contributed by atoms with Gasteiger partial charge in [-0.25, -0.2) is 18.1 Å². The molecule has 8 heteroatoms. The second-order valence-electron chi connectivity index (χ2n) is 6.33. The Balaban J connectivity index is 1.88. The minimum atomic E-state index is -3.73. The molecule has 1 heterocycles. The minimum Gasteiger partial charge on any atom is -0.345 e. The molecule has 1 aliphatic rings. The number of hydrogen-bond acceptors (Lipinski definition) is 5. The maximum Gasteiger partial charge on any atom is 0.253 e. The third-order valence-electron chi connectivity index (χ3n) is 4.16. The highest BCUT2D eigenvalue weighted by atomic mass is 32.2. The smallest absolute Gasteiger partial charge is 0.253 e. The molecule has 25 heavy (non-hydrogen) atoms. The van der Waals surface area contributed by atoms with E-state index in [2.05, 4.69) is 9.71 Å². The molecule has 1 aliphatic carbocycles. The number of benzene rings is 1. The molecule has 2 aromatic rings. The zero-order valence-electron chi connectivity index (χ0n) is 14.4. The molecule has 0 unspecified atom stereocenters. The summed E-state index contributed by atoms with van der Waals surface area (Å²) in [6.45, 7) is 1.94. The lowest BCUT2D eigenvalue weighted by Gasteiger charge is -2.22. The molecule has 0 aliphatic heterocycles. The first-order chi connectivity index (χ1) is 11.8. The van der Waals surface area contributed by atoms with Crippen molar-refractivity contribution in [1.82, 2.24) is 14.6 Å². The van der Waals surface area contributed by atoms with Crippen molar-refractivity contribution in [2.24, 2.45) is 0 Å². The summed E-state index contributed by atoms with van der Waals surface area (Å²) >= 11 is 1.63. The first-order valence-corrected chi connectivity index (χ1v) is 10.4. The van der Waals surface area contributed by atoms with Crippen LogP contribution in [0.2, 0.25) is 0 Å². The van der Waals surface area contributed by atoms with Crippen LogP contribution in [0.4, 0.5) is 0 Å². The SMILES string of the molecule is Cc1nc2c(s1)CCC[C@@H]2NS(=O)(=O)c1cccc(C(=O)N(C)C)c1. The maximum absolute atomic E-state index is 12.8. The molecule has 1 aromatic carbocycles. The summed E-state index contributed by atoms with van der Waals surface area (Å²) in [5, 5.41) is 0.953. The van der Waals surface area contributed by atoms with Gasteiger partial charge in [0.25, 0.3) is 5.91 Å². The molecule has 6 nitrogen and oxygen atoms in total. The molecule has 0 spiro atoms. The average molecular weight is 380 g/mol. The van der Waals surface area contributed by atoms with E-state index in [1.807, 2.05) is 6.92 Å². The van der Waals surface area contributed by atoms with E-state index in [1.165, 1.54) is 17.0 Å². The zero-order chi connectivity index (χ0) is 18.2. The van der Waals surface area contributed by atoms with Gasteiger partial charge in [0.05, 0.1) is 21.6 Å². The highest BCUT2D eigenvalue weighted by Gasteiger charge is 2.29. The van der Waals surface area contributed by atoms with Gasteiger partial charge in [-0.15, -0.1) is 11.3 Å². The molecule has 0 radical (unpaired) electrons. The molecule has 1 N–H and O–H groups in total. The van der Waals surface area contributed by atoms with E-state index in [4.69, 9.17) is 0 Å². The van der Waals surface area contributed by atoms with Crippen LogP contribution < -0.4 is 4.72 Å². The van der Waals surface area contributed by atoms with Gasteiger partial charge < -0.3 is 4.90 Å². The molecule has 134 valence electrons.